The van der Waals surface area contributed by atoms with Gasteiger partial charge in [-0.25, -0.2) is 14.6 Å². The van der Waals surface area contributed by atoms with E-state index in [4.69, 9.17) is 39.5 Å². The lowest BCUT2D eigenvalue weighted by Gasteiger charge is -2.10. The van der Waals surface area contributed by atoms with Crippen molar-refractivity contribution in [1.82, 2.24) is 25.0 Å². The summed E-state index contributed by atoms with van der Waals surface area (Å²) in [5.41, 5.74) is 2.91. The number of anilines is 2. The van der Waals surface area contributed by atoms with Crippen LogP contribution < -0.4 is 10.1 Å². The van der Waals surface area contributed by atoms with Crippen molar-refractivity contribution in [2.24, 2.45) is 0 Å². The molecule has 0 saturated heterocycles. The second-order valence-corrected chi connectivity index (χ2v) is 8.67. The molecule has 0 bridgehead atoms. The summed E-state index contributed by atoms with van der Waals surface area (Å²) in [6, 6.07) is 18.4. The van der Waals surface area contributed by atoms with Gasteiger partial charge in [-0.2, -0.15) is 0 Å². The quantitative estimate of drug-likeness (QED) is 0.267. The number of benzene rings is 3. The molecule has 2 heterocycles. The first-order chi connectivity index (χ1) is 16.5. The van der Waals surface area contributed by atoms with Crippen LogP contribution in [0.25, 0.3) is 10.9 Å². The number of ether oxygens (including phenoxy) is 1. The van der Waals surface area contributed by atoms with E-state index in [0.29, 0.717) is 44.5 Å². The highest BCUT2D eigenvalue weighted by Gasteiger charge is 2.11. The SMILES string of the molecule is Clc1cccc(Nc2ncc3cccc(OCc4cn(Cc5c(Cl)cccc5Cl)nn4)c3n2)c1. The van der Waals surface area contributed by atoms with Crippen LogP contribution in [0, 0.1) is 0 Å². The van der Waals surface area contributed by atoms with Gasteiger partial charge in [0.05, 0.1) is 12.7 Å². The molecule has 34 heavy (non-hydrogen) atoms. The summed E-state index contributed by atoms with van der Waals surface area (Å²) in [5.74, 6) is 1.05. The lowest BCUT2D eigenvalue weighted by molar-refractivity contribution is 0.304. The van der Waals surface area contributed by atoms with Gasteiger partial charge in [-0.3, -0.25) is 0 Å². The smallest absolute Gasteiger partial charge is 0.227 e. The van der Waals surface area contributed by atoms with Crippen LogP contribution in [0.1, 0.15) is 11.3 Å². The van der Waals surface area contributed by atoms with Crippen LogP contribution in [0.4, 0.5) is 11.6 Å². The number of aromatic nitrogens is 5. The number of hydrogen-bond donors (Lipinski definition) is 1. The molecule has 0 aliphatic heterocycles. The van der Waals surface area contributed by atoms with Crippen LogP contribution in [0.15, 0.2) is 73.1 Å². The van der Waals surface area contributed by atoms with Crippen LogP contribution in [0.5, 0.6) is 5.75 Å². The van der Waals surface area contributed by atoms with Crippen molar-refractivity contribution >= 4 is 57.3 Å². The highest BCUT2D eigenvalue weighted by molar-refractivity contribution is 6.36. The summed E-state index contributed by atoms with van der Waals surface area (Å²) >= 11 is 18.6. The van der Waals surface area contributed by atoms with E-state index in [-0.39, 0.29) is 6.61 Å². The Labute approximate surface area is 210 Å². The maximum atomic E-state index is 6.26. The first-order valence-electron chi connectivity index (χ1n) is 10.3. The van der Waals surface area contributed by atoms with Gasteiger partial charge in [0.1, 0.15) is 23.6 Å². The second-order valence-electron chi connectivity index (χ2n) is 7.42. The minimum Gasteiger partial charge on any atom is -0.485 e. The van der Waals surface area contributed by atoms with Crippen LogP contribution >= 0.6 is 34.8 Å². The summed E-state index contributed by atoms with van der Waals surface area (Å²) in [5, 5.41) is 14.2. The molecule has 0 aliphatic rings. The molecule has 0 unspecified atom stereocenters. The number of nitrogens with zero attached hydrogens (tertiary/aromatic N) is 5. The lowest BCUT2D eigenvalue weighted by atomic mass is 10.2. The summed E-state index contributed by atoms with van der Waals surface area (Å²) in [6.07, 6.45) is 3.54. The van der Waals surface area contributed by atoms with Crippen molar-refractivity contribution in [2.75, 3.05) is 5.32 Å². The zero-order chi connectivity index (χ0) is 23.5. The maximum Gasteiger partial charge on any atom is 0.227 e. The number of para-hydroxylation sites is 1. The molecule has 0 atom stereocenters. The predicted octanol–water partition coefficient (Wildman–Crippen LogP) is 6.55. The number of rotatable bonds is 7. The fourth-order valence-corrected chi connectivity index (χ4v) is 4.09. The van der Waals surface area contributed by atoms with Crippen LogP contribution in [0.3, 0.4) is 0 Å². The Morgan fingerprint density at radius 2 is 1.74 bits per heavy atom. The second kappa shape index (κ2) is 9.85. The van der Waals surface area contributed by atoms with Gasteiger partial charge in [-0.1, -0.05) is 64.3 Å². The molecule has 2 aromatic heterocycles. The lowest BCUT2D eigenvalue weighted by Crippen LogP contribution is -2.02. The molecule has 0 aliphatic carbocycles. The molecule has 5 rings (SSSR count). The van der Waals surface area contributed by atoms with Crippen LogP contribution in [0.2, 0.25) is 15.1 Å². The van der Waals surface area contributed by atoms with Crippen LogP contribution in [-0.4, -0.2) is 25.0 Å². The molecule has 1 N–H and O–H groups in total. The number of halogens is 3. The van der Waals surface area contributed by atoms with Crippen molar-refractivity contribution in [3.8, 4) is 5.75 Å². The van der Waals surface area contributed by atoms with Gasteiger partial charge in [0.15, 0.2) is 0 Å². The van der Waals surface area contributed by atoms with Crippen molar-refractivity contribution in [3.05, 3.63) is 99.4 Å². The zero-order valence-corrected chi connectivity index (χ0v) is 19.9. The third kappa shape index (κ3) is 5.07. The van der Waals surface area contributed by atoms with Crippen molar-refractivity contribution in [2.45, 2.75) is 13.2 Å². The molecular formula is C24H17Cl3N6O. The van der Waals surface area contributed by atoms with Crippen molar-refractivity contribution in [3.63, 3.8) is 0 Å². The summed E-state index contributed by atoms with van der Waals surface area (Å²) < 4.78 is 7.70. The first-order valence-corrected chi connectivity index (χ1v) is 11.4. The summed E-state index contributed by atoms with van der Waals surface area (Å²) in [7, 11) is 0. The van der Waals surface area contributed by atoms with E-state index in [1.807, 2.05) is 30.3 Å². The molecule has 10 heteroatoms. The fourth-order valence-electron chi connectivity index (χ4n) is 3.38. The van der Waals surface area contributed by atoms with Gasteiger partial charge >= 0.3 is 0 Å². The minimum absolute atomic E-state index is 0.219. The van der Waals surface area contributed by atoms with E-state index in [2.05, 4.69) is 25.6 Å². The third-order valence-corrected chi connectivity index (χ3v) is 5.94. The Balaban J connectivity index is 1.32. The largest absolute Gasteiger partial charge is 0.485 e. The average Bonchev–Trinajstić information content (AvgIpc) is 3.28. The Hall–Kier alpha value is -3.39. The molecule has 0 amide bonds. The zero-order valence-electron chi connectivity index (χ0n) is 17.6. The van der Waals surface area contributed by atoms with Gasteiger partial charge in [0.2, 0.25) is 5.95 Å². The van der Waals surface area contributed by atoms with E-state index in [0.717, 1.165) is 16.6 Å². The first kappa shape index (κ1) is 22.4. The maximum absolute atomic E-state index is 6.26. The molecule has 7 nitrogen and oxygen atoms in total. The molecule has 0 saturated carbocycles. The normalized spacial score (nSPS) is 11.0. The van der Waals surface area contributed by atoms with Crippen molar-refractivity contribution < 1.29 is 4.74 Å². The van der Waals surface area contributed by atoms with Crippen LogP contribution in [-0.2, 0) is 13.2 Å². The molecule has 0 radical (unpaired) electrons. The Morgan fingerprint density at radius 1 is 0.941 bits per heavy atom. The van der Waals surface area contributed by atoms with E-state index < -0.39 is 0 Å². The van der Waals surface area contributed by atoms with E-state index >= 15 is 0 Å². The standard InChI is InChI=1S/C24H17Cl3N6O/c25-16-5-2-6-17(10-16)29-24-28-11-15-4-1-9-22(23(15)30-24)34-14-18-12-33(32-31-18)13-19-20(26)7-3-8-21(19)27/h1-12H,13-14H2,(H,28,29,30). The minimum atomic E-state index is 0.219. The molecular weight excluding hydrogens is 495 g/mol. The highest BCUT2D eigenvalue weighted by Crippen LogP contribution is 2.27. The van der Waals surface area contributed by atoms with Crippen molar-refractivity contribution in [1.29, 1.82) is 0 Å². The Bertz CT molecular complexity index is 1450. The van der Waals surface area contributed by atoms with Gasteiger partial charge in [-0.15, -0.1) is 5.10 Å². The topological polar surface area (TPSA) is 77.8 Å². The van der Waals surface area contributed by atoms with Gasteiger partial charge in [0, 0.05) is 37.9 Å². The highest BCUT2D eigenvalue weighted by atomic mass is 35.5. The number of nitrogens with one attached hydrogen (secondary N) is 1. The fraction of sp³-hybridized carbons (Fsp3) is 0.0833. The monoisotopic (exact) mass is 510 g/mol. The summed E-state index contributed by atoms with van der Waals surface area (Å²) in [4.78, 5) is 9.01. The number of hydrogen-bond acceptors (Lipinski definition) is 6. The molecule has 170 valence electrons. The molecule has 0 spiro atoms. The summed E-state index contributed by atoms with van der Waals surface area (Å²) in [6.45, 7) is 0.627. The van der Waals surface area contributed by atoms with Gasteiger partial charge in [-0.05, 0) is 36.4 Å². The molecule has 5 aromatic rings. The molecule has 0 fully saturated rings. The number of fused-ring (bicyclic) bond motifs is 1. The van der Waals surface area contributed by atoms with E-state index in [1.165, 1.54) is 0 Å². The molecule has 3 aromatic carbocycles. The van der Waals surface area contributed by atoms with Gasteiger partial charge < -0.3 is 10.1 Å². The Morgan fingerprint density at radius 3 is 2.56 bits per heavy atom. The van der Waals surface area contributed by atoms with E-state index in [1.54, 1.807) is 47.4 Å². The van der Waals surface area contributed by atoms with E-state index in [9.17, 15) is 0 Å². The van der Waals surface area contributed by atoms with Gasteiger partial charge in [0.25, 0.3) is 0 Å². The average molecular weight is 512 g/mol. The Kier molecular flexibility index (Phi) is 6.49. The third-order valence-electron chi connectivity index (χ3n) is 5.00. The predicted molar refractivity (Wildman–Crippen MR) is 134 cm³/mol.